The summed E-state index contributed by atoms with van der Waals surface area (Å²) in [5.41, 5.74) is -0.739. The van der Waals surface area contributed by atoms with E-state index in [1.54, 1.807) is 26.0 Å². The smallest absolute Gasteiger partial charge is 0.357 e. The molecule has 110 valence electrons. The zero-order valence-corrected chi connectivity index (χ0v) is 11.7. The quantitative estimate of drug-likeness (QED) is 0.859. The Morgan fingerprint density at radius 3 is 2.48 bits per heavy atom. The van der Waals surface area contributed by atoms with Crippen molar-refractivity contribution in [2.24, 2.45) is 0 Å². The lowest BCUT2D eigenvalue weighted by Crippen LogP contribution is -2.37. The number of benzene rings is 1. The highest BCUT2D eigenvalue weighted by Gasteiger charge is 2.17. The van der Waals surface area contributed by atoms with Crippen LogP contribution in [0.15, 0.2) is 29.1 Å². The van der Waals surface area contributed by atoms with E-state index < -0.39 is 17.4 Å². The number of carboxylic acid groups (broad SMARTS) is 1. The number of fused-ring (bicyclic) bond motifs is 1. The summed E-state index contributed by atoms with van der Waals surface area (Å²) in [4.78, 5) is 35.2. The third-order valence-corrected chi connectivity index (χ3v) is 2.81. The number of aromatic nitrogens is 2. The van der Waals surface area contributed by atoms with Crippen LogP contribution in [0.1, 0.15) is 24.3 Å². The van der Waals surface area contributed by atoms with Gasteiger partial charge in [-0.15, -0.1) is 0 Å². The van der Waals surface area contributed by atoms with Crippen LogP contribution in [-0.4, -0.2) is 32.8 Å². The summed E-state index contributed by atoms with van der Waals surface area (Å²) in [6, 6.07) is 6.22. The van der Waals surface area contributed by atoms with Gasteiger partial charge in [-0.05, 0) is 19.9 Å². The van der Waals surface area contributed by atoms with E-state index in [0.29, 0.717) is 0 Å². The molecule has 0 fully saturated rings. The molecule has 0 aliphatic heterocycles. The minimum atomic E-state index is -1.25. The maximum Gasteiger partial charge on any atom is 0.357 e. The fraction of sp³-hybridized carbons (Fsp3) is 0.286. The Bertz CT molecular complexity index is 764. The van der Waals surface area contributed by atoms with Gasteiger partial charge in [0.1, 0.15) is 6.54 Å². The molecule has 1 amide bonds. The van der Waals surface area contributed by atoms with E-state index in [1.165, 1.54) is 12.1 Å². The molecule has 0 bridgehead atoms. The highest BCUT2D eigenvalue weighted by Crippen LogP contribution is 2.12. The molecule has 0 unspecified atom stereocenters. The summed E-state index contributed by atoms with van der Waals surface area (Å²) < 4.78 is 0.878. The summed E-state index contributed by atoms with van der Waals surface area (Å²) in [5.74, 6) is -1.64. The molecule has 2 aromatic rings. The Balaban J connectivity index is 2.55. The minimum Gasteiger partial charge on any atom is -0.476 e. The summed E-state index contributed by atoms with van der Waals surface area (Å²) in [5, 5.41) is 16.1. The van der Waals surface area contributed by atoms with Crippen molar-refractivity contribution in [3.63, 3.8) is 0 Å². The second-order valence-corrected chi connectivity index (χ2v) is 4.88. The van der Waals surface area contributed by atoms with Crippen molar-refractivity contribution in [3.05, 3.63) is 40.3 Å². The van der Waals surface area contributed by atoms with Gasteiger partial charge in [0, 0.05) is 11.4 Å². The van der Waals surface area contributed by atoms with E-state index in [1.807, 2.05) is 0 Å². The number of rotatable bonds is 4. The van der Waals surface area contributed by atoms with Gasteiger partial charge in [0.05, 0.1) is 5.39 Å². The number of hydrogen-bond donors (Lipinski definition) is 2. The standard InChI is InChI=1S/C14H15N3O4/c1-8(2)15-11(18)7-17-13(19)10-6-4-3-5-9(10)12(16-17)14(20)21/h3-6,8H,7H2,1-2H3,(H,15,18)(H,20,21). The minimum absolute atomic E-state index is 0.0763. The maximum absolute atomic E-state index is 12.3. The van der Waals surface area contributed by atoms with Crippen molar-refractivity contribution in [1.29, 1.82) is 0 Å². The largest absolute Gasteiger partial charge is 0.476 e. The number of carbonyl (C=O) groups is 2. The van der Waals surface area contributed by atoms with Crippen LogP contribution in [0.4, 0.5) is 0 Å². The van der Waals surface area contributed by atoms with Gasteiger partial charge in [0.2, 0.25) is 5.91 Å². The fourth-order valence-electron chi connectivity index (χ4n) is 2.00. The van der Waals surface area contributed by atoms with E-state index >= 15 is 0 Å². The van der Waals surface area contributed by atoms with Crippen molar-refractivity contribution >= 4 is 22.6 Å². The van der Waals surface area contributed by atoms with Crippen LogP contribution in [0.5, 0.6) is 0 Å². The maximum atomic E-state index is 12.3. The van der Waals surface area contributed by atoms with Crippen molar-refractivity contribution in [1.82, 2.24) is 15.1 Å². The zero-order chi connectivity index (χ0) is 15.6. The topological polar surface area (TPSA) is 101 Å². The summed E-state index contributed by atoms with van der Waals surface area (Å²) in [7, 11) is 0. The first-order chi connectivity index (χ1) is 9.90. The lowest BCUT2D eigenvalue weighted by molar-refractivity contribution is -0.122. The predicted molar refractivity (Wildman–Crippen MR) is 76.2 cm³/mol. The number of aromatic carboxylic acids is 1. The Labute approximate surface area is 120 Å². The van der Waals surface area contributed by atoms with Crippen LogP contribution in [0, 0.1) is 0 Å². The third kappa shape index (κ3) is 3.07. The molecule has 0 radical (unpaired) electrons. The van der Waals surface area contributed by atoms with Crippen molar-refractivity contribution in [3.8, 4) is 0 Å². The molecule has 0 saturated carbocycles. The first kappa shape index (κ1) is 14.7. The van der Waals surface area contributed by atoms with Gasteiger partial charge in [-0.3, -0.25) is 9.59 Å². The highest BCUT2D eigenvalue weighted by molar-refractivity contribution is 6.01. The number of hydrogen-bond acceptors (Lipinski definition) is 4. The van der Waals surface area contributed by atoms with Gasteiger partial charge < -0.3 is 10.4 Å². The van der Waals surface area contributed by atoms with Crippen LogP contribution in [-0.2, 0) is 11.3 Å². The average Bonchev–Trinajstić information content (AvgIpc) is 2.40. The Hall–Kier alpha value is -2.70. The van der Waals surface area contributed by atoms with Gasteiger partial charge in [-0.25, -0.2) is 9.48 Å². The van der Waals surface area contributed by atoms with Crippen LogP contribution >= 0.6 is 0 Å². The van der Waals surface area contributed by atoms with E-state index in [0.717, 1.165) is 4.68 Å². The molecule has 0 aliphatic carbocycles. The van der Waals surface area contributed by atoms with Gasteiger partial charge in [0.15, 0.2) is 5.69 Å². The molecule has 2 rings (SSSR count). The fourth-order valence-corrected chi connectivity index (χ4v) is 2.00. The Morgan fingerprint density at radius 2 is 1.90 bits per heavy atom. The first-order valence-electron chi connectivity index (χ1n) is 6.42. The van der Waals surface area contributed by atoms with Crippen LogP contribution in [0.3, 0.4) is 0 Å². The molecule has 0 saturated heterocycles. The molecule has 2 N–H and O–H groups in total. The SMILES string of the molecule is CC(C)NC(=O)Cn1nc(C(=O)O)c2ccccc2c1=O. The summed E-state index contributed by atoms with van der Waals surface area (Å²) in [6.45, 7) is 3.26. The van der Waals surface area contributed by atoms with Crippen molar-refractivity contribution in [2.45, 2.75) is 26.4 Å². The second-order valence-electron chi connectivity index (χ2n) is 4.88. The molecule has 0 atom stereocenters. The summed E-state index contributed by atoms with van der Waals surface area (Å²) in [6.07, 6.45) is 0. The van der Waals surface area contributed by atoms with Gasteiger partial charge in [-0.1, -0.05) is 18.2 Å². The molecule has 0 aliphatic rings. The molecular weight excluding hydrogens is 274 g/mol. The third-order valence-electron chi connectivity index (χ3n) is 2.81. The second kappa shape index (κ2) is 5.74. The molecule has 21 heavy (non-hydrogen) atoms. The molecule has 7 nitrogen and oxygen atoms in total. The van der Waals surface area contributed by atoms with Gasteiger partial charge >= 0.3 is 5.97 Å². The Morgan fingerprint density at radius 1 is 1.29 bits per heavy atom. The molecule has 7 heteroatoms. The summed E-state index contributed by atoms with van der Waals surface area (Å²) >= 11 is 0. The molecule has 1 heterocycles. The molecule has 1 aromatic heterocycles. The van der Waals surface area contributed by atoms with Crippen molar-refractivity contribution < 1.29 is 14.7 Å². The average molecular weight is 289 g/mol. The molecule has 1 aromatic carbocycles. The highest BCUT2D eigenvalue weighted by atomic mass is 16.4. The first-order valence-corrected chi connectivity index (χ1v) is 6.42. The van der Waals surface area contributed by atoms with E-state index in [9.17, 15) is 19.5 Å². The van der Waals surface area contributed by atoms with Gasteiger partial charge in [0.25, 0.3) is 5.56 Å². The lowest BCUT2D eigenvalue weighted by atomic mass is 10.1. The van der Waals surface area contributed by atoms with Crippen LogP contribution < -0.4 is 10.9 Å². The number of carboxylic acids is 1. The lowest BCUT2D eigenvalue weighted by Gasteiger charge is -2.11. The van der Waals surface area contributed by atoms with Crippen molar-refractivity contribution in [2.75, 3.05) is 0 Å². The number of amides is 1. The zero-order valence-electron chi connectivity index (χ0n) is 11.7. The van der Waals surface area contributed by atoms with Crippen LogP contribution in [0.25, 0.3) is 10.8 Å². The number of nitrogens with zero attached hydrogens (tertiary/aromatic N) is 2. The van der Waals surface area contributed by atoms with E-state index in [2.05, 4.69) is 10.4 Å². The predicted octanol–water partition coefficient (Wildman–Crippen LogP) is 0.619. The monoisotopic (exact) mass is 289 g/mol. The van der Waals surface area contributed by atoms with Crippen LogP contribution in [0.2, 0.25) is 0 Å². The molecular formula is C14H15N3O4. The van der Waals surface area contributed by atoms with E-state index in [-0.39, 0.29) is 29.1 Å². The van der Waals surface area contributed by atoms with E-state index in [4.69, 9.17) is 0 Å². The number of carbonyl (C=O) groups excluding carboxylic acids is 1. The number of nitrogens with one attached hydrogen (secondary N) is 1. The molecule has 0 spiro atoms. The Kier molecular flexibility index (Phi) is 4.02. The van der Waals surface area contributed by atoms with Gasteiger partial charge in [-0.2, -0.15) is 5.10 Å². The normalized spacial score (nSPS) is 10.8.